The maximum atomic E-state index is 12.8. The van der Waals surface area contributed by atoms with Crippen LogP contribution in [0.25, 0.3) is 0 Å². The SMILES string of the molecule is CCOc1c(Cl)cc(C(=O)Nc2nc3c(s2)CN(Cc2ccccc2)CC3)cc1OC. The van der Waals surface area contributed by atoms with Gasteiger partial charge in [0.25, 0.3) is 5.91 Å². The number of methoxy groups -OCH3 is 1. The molecule has 2 aromatic carbocycles. The summed E-state index contributed by atoms with van der Waals surface area (Å²) in [5.41, 5.74) is 2.75. The fourth-order valence-corrected chi connectivity index (χ4v) is 4.89. The molecule has 0 atom stereocenters. The van der Waals surface area contributed by atoms with Gasteiger partial charge in [-0.1, -0.05) is 41.9 Å². The second-order valence-corrected chi connectivity index (χ2v) is 8.70. The quantitative estimate of drug-likeness (QED) is 0.540. The number of carbonyl (C=O) groups is 1. The molecule has 3 aromatic rings. The van der Waals surface area contributed by atoms with Gasteiger partial charge in [0.15, 0.2) is 16.6 Å². The molecule has 1 amide bonds. The fourth-order valence-electron chi connectivity index (χ4n) is 3.58. The van der Waals surface area contributed by atoms with Gasteiger partial charge in [-0.05, 0) is 24.6 Å². The summed E-state index contributed by atoms with van der Waals surface area (Å²) in [5.74, 6) is 0.580. The molecule has 0 saturated carbocycles. The number of hydrogen-bond donors (Lipinski definition) is 1. The van der Waals surface area contributed by atoms with Crippen LogP contribution < -0.4 is 14.8 Å². The largest absolute Gasteiger partial charge is 0.493 e. The first-order valence-corrected chi connectivity index (χ1v) is 11.3. The molecule has 1 aliphatic heterocycles. The molecule has 162 valence electrons. The standard InChI is InChI=1S/C23H24ClN3O3S/c1-3-30-21-17(24)11-16(12-19(21)29-2)22(28)26-23-25-18-9-10-27(14-20(18)31-23)13-15-7-5-4-6-8-15/h4-8,11-12H,3,9-10,13-14H2,1-2H3,(H,25,26,28). The number of ether oxygens (including phenoxy) is 2. The van der Waals surface area contributed by atoms with Crippen LogP contribution in [0.15, 0.2) is 42.5 Å². The number of hydrogen-bond acceptors (Lipinski definition) is 6. The van der Waals surface area contributed by atoms with Crippen LogP contribution >= 0.6 is 22.9 Å². The minimum absolute atomic E-state index is 0.282. The number of fused-ring (bicyclic) bond motifs is 1. The number of rotatable bonds is 7. The number of thiazole rings is 1. The normalized spacial score (nSPS) is 13.5. The number of nitrogens with zero attached hydrogens (tertiary/aromatic N) is 2. The van der Waals surface area contributed by atoms with Crippen molar-refractivity contribution in [2.45, 2.75) is 26.4 Å². The second kappa shape index (κ2) is 9.68. The summed E-state index contributed by atoms with van der Waals surface area (Å²) in [6.07, 6.45) is 0.872. The zero-order valence-electron chi connectivity index (χ0n) is 17.5. The number of anilines is 1. The van der Waals surface area contributed by atoms with Gasteiger partial charge in [0.1, 0.15) is 0 Å². The molecule has 0 fully saturated rings. The Morgan fingerprint density at radius 1 is 1.29 bits per heavy atom. The summed E-state index contributed by atoms with van der Waals surface area (Å²) in [4.78, 5) is 21.0. The van der Waals surface area contributed by atoms with E-state index < -0.39 is 0 Å². The lowest BCUT2D eigenvalue weighted by Crippen LogP contribution is -2.29. The monoisotopic (exact) mass is 457 g/mol. The Hall–Kier alpha value is -2.61. The summed E-state index contributed by atoms with van der Waals surface area (Å²) in [7, 11) is 1.52. The molecule has 4 rings (SSSR count). The van der Waals surface area contributed by atoms with E-state index in [1.165, 1.54) is 28.9 Å². The molecule has 1 aliphatic rings. The van der Waals surface area contributed by atoms with Crippen molar-refractivity contribution in [1.29, 1.82) is 0 Å². The number of halogens is 1. The topological polar surface area (TPSA) is 63.7 Å². The van der Waals surface area contributed by atoms with Crippen molar-refractivity contribution >= 4 is 34.0 Å². The summed E-state index contributed by atoms with van der Waals surface area (Å²) in [5, 5.41) is 3.84. The van der Waals surface area contributed by atoms with E-state index in [1.807, 2.05) is 13.0 Å². The Labute approximate surface area is 190 Å². The van der Waals surface area contributed by atoms with Crippen molar-refractivity contribution in [2.24, 2.45) is 0 Å². The highest BCUT2D eigenvalue weighted by Gasteiger charge is 2.22. The first-order valence-electron chi connectivity index (χ1n) is 10.1. The maximum Gasteiger partial charge on any atom is 0.257 e. The van der Waals surface area contributed by atoms with E-state index in [0.29, 0.717) is 33.8 Å². The van der Waals surface area contributed by atoms with Gasteiger partial charge in [-0.25, -0.2) is 4.98 Å². The minimum atomic E-state index is -0.282. The number of carbonyl (C=O) groups excluding carboxylic acids is 1. The van der Waals surface area contributed by atoms with Crippen LogP contribution in [0.3, 0.4) is 0 Å². The van der Waals surface area contributed by atoms with Gasteiger partial charge in [-0.2, -0.15) is 0 Å². The van der Waals surface area contributed by atoms with Crippen molar-refractivity contribution < 1.29 is 14.3 Å². The molecule has 2 heterocycles. The molecular weight excluding hydrogens is 434 g/mol. The van der Waals surface area contributed by atoms with E-state index in [4.69, 9.17) is 21.1 Å². The van der Waals surface area contributed by atoms with Gasteiger partial charge in [-0.3, -0.25) is 15.0 Å². The fraction of sp³-hybridized carbons (Fsp3) is 0.304. The lowest BCUT2D eigenvalue weighted by molar-refractivity contribution is 0.102. The Morgan fingerprint density at radius 2 is 2.10 bits per heavy atom. The van der Waals surface area contributed by atoms with Gasteiger partial charge >= 0.3 is 0 Å². The molecule has 0 unspecified atom stereocenters. The van der Waals surface area contributed by atoms with Crippen LogP contribution in [0, 0.1) is 0 Å². The van der Waals surface area contributed by atoms with Crippen molar-refractivity contribution in [3.8, 4) is 11.5 Å². The van der Waals surface area contributed by atoms with Crippen LogP contribution in [0.2, 0.25) is 5.02 Å². The molecule has 0 aliphatic carbocycles. The third-order valence-electron chi connectivity index (χ3n) is 5.06. The van der Waals surface area contributed by atoms with Crippen LogP contribution in [-0.4, -0.2) is 36.1 Å². The smallest absolute Gasteiger partial charge is 0.257 e. The van der Waals surface area contributed by atoms with Crippen LogP contribution in [0.1, 0.15) is 33.4 Å². The summed E-state index contributed by atoms with van der Waals surface area (Å²) in [6.45, 7) is 5.00. The zero-order valence-corrected chi connectivity index (χ0v) is 19.1. The van der Waals surface area contributed by atoms with Crippen molar-refractivity contribution in [3.63, 3.8) is 0 Å². The molecule has 31 heavy (non-hydrogen) atoms. The average molecular weight is 458 g/mol. The van der Waals surface area contributed by atoms with Crippen molar-refractivity contribution in [3.05, 3.63) is 69.2 Å². The third-order valence-corrected chi connectivity index (χ3v) is 6.34. The molecule has 0 spiro atoms. The number of nitrogens with one attached hydrogen (secondary N) is 1. The average Bonchev–Trinajstić information content (AvgIpc) is 3.17. The number of aromatic nitrogens is 1. The van der Waals surface area contributed by atoms with Crippen LogP contribution in [-0.2, 0) is 19.5 Å². The van der Waals surface area contributed by atoms with Crippen molar-refractivity contribution in [2.75, 3.05) is 25.6 Å². The Morgan fingerprint density at radius 3 is 2.84 bits per heavy atom. The van der Waals surface area contributed by atoms with E-state index >= 15 is 0 Å². The van der Waals surface area contributed by atoms with Crippen LogP contribution in [0.5, 0.6) is 11.5 Å². The van der Waals surface area contributed by atoms with Gasteiger partial charge < -0.3 is 9.47 Å². The highest BCUT2D eigenvalue weighted by Crippen LogP contribution is 2.37. The number of benzene rings is 2. The van der Waals surface area contributed by atoms with E-state index in [9.17, 15) is 4.79 Å². The summed E-state index contributed by atoms with van der Waals surface area (Å²) >= 11 is 7.83. The summed E-state index contributed by atoms with van der Waals surface area (Å²) < 4.78 is 10.9. The van der Waals surface area contributed by atoms with Crippen molar-refractivity contribution in [1.82, 2.24) is 9.88 Å². The van der Waals surface area contributed by atoms with Gasteiger partial charge in [0.2, 0.25) is 0 Å². The second-order valence-electron chi connectivity index (χ2n) is 7.21. The Kier molecular flexibility index (Phi) is 6.75. The first-order chi connectivity index (χ1) is 15.1. The highest BCUT2D eigenvalue weighted by molar-refractivity contribution is 7.15. The predicted molar refractivity (Wildman–Crippen MR) is 124 cm³/mol. The van der Waals surface area contributed by atoms with Gasteiger partial charge in [0.05, 0.1) is 24.4 Å². The van der Waals surface area contributed by atoms with E-state index in [-0.39, 0.29) is 5.91 Å². The zero-order chi connectivity index (χ0) is 21.8. The lowest BCUT2D eigenvalue weighted by atomic mass is 10.1. The summed E-state index contributed by atoms with van der Waals surface area (Å²) in [6, 6.07) is 13.7. The molecular formula is C23H24ClN3O3S. The first kappa shape index (κ1) is 21.6. The molecule has 1 N–H and O–H groups in total. The third kappa shape index (κ3) is 5.01. The van der Waals surface area contributed by atoms with E-state index in [0.717, 1.165) is 31.7 Å². The molecule has 0 bridgehead atoms. The maximum absolute atomic E-state index is 12.8. The molecule has 8 heteroatoms. The van der Waals surface area contributed by atoms with Gasteiger partial charge in [-0.15, -0.1) is 11.3 Å². The van der Waals surface area contributed by atoms with E-state index in [1.54, 1.807) is 12.1 Å². The Balaban J connectivity index is 1.45. The molecule has 0 radical (unpaired) electrons. The molecule has 0 saturated heterocycles. The highest BCUT2D eigenvalue weighted by atomic mass is 35.5. The van der Waals surface area contributed by atoms with Crippen LogP contribution in [0.4, 0.5) is 5.13 Å². The minimum Gasteiger partial charge on any atom is -0.493 e. The number of amides is 1. The predicted octanol–water partition coefficient (Wildman–Crippen LogP) is 5.01. The van der Waals surface area contributed by atoms with E-state index in [2.05, 4.69) is 39.5 Å². The Bertz CT molecular complexity index is 1070. The lowest BCUT2D eigenvalue weighted by Gasteiger charge is -2.25. The molecule has 6 nitrogen and oxygen atoms in total. The van der Waals surface area contributed by atoms with Gasteiger partial charge in [0, 0.05) is 36.5 Å². The molecule has 1 aromatic heterocycles.